The Morgan fingerprint density at radius 2 is 0.704 bits per heavy atom. The summed E-state index contributed by atoms with van der Waals surface area (Å²) in [6, 6.07) is 105. The van der Waals surface area contributed by atoms with E-state index in [9.17, 15) is 0 Å². The fourth-order valence-electron chi connectivity index (χ4n) is 12.3. The summed E-state index contributed by atoms with van der Waals surface area (Å²) in [7, 11) is -5.47. The maximum atomic E-state index is 2.55. The molecular formula is C66H46N2SSi2. The standard InChI is InChI=1S/C66H46N2SSi2/c1-5-21-49(22-6-1)70(50-23-7-2-8-24-50,51-25-9-3-10-26-51)53-40-37-47(38-41-53)67-60-32-16-14-30-56(60)58-45-48(39-44-61(58)67)68-59-31-15-13-29-55(59)57-43-42-54(46-62(57)68)71(52-27-11-4-12-28-52)65-35-19-17-33-63(65)69-64-34-18-20-36-66(64)71/h1-46H. The van der Waals surface area contributed by atoms with E-state index >= 15 is 0 Å². The van der Waals surface area contributed by atoms with Crippen LogP contribution >= 0.6 is 11.8 Å². The van der Waals surface area contributed by atoms with Crippen molar-refractivity contribution in [1.29, 1.82) is 0 Å². The number of nitrogens with zero attached hydrogens (tertiary/aromatic N) is 2. The summed E-state index contributed by atoms with van der Waals surface area (Å²) >= 11 is 1.91. The molecule has 0 radical (unpaired) electrons. The highest BCUT2D eigenvalue weighted by molar-refractivity contribution is 8.00. The number of rotatable bonds is 8. The van der Waals surface area contributed by atoms with Gasteiger partial charge >= 0.3 is 0 Å². The first kappa shape index (κ1) is 41.7. The lowest BCUT2D eigenvalue weighted by Gasteiger charge is -2.39. The van der Waals surface area contributed by atoms with Crippen LogP contribution < -0.4 is 41.5 Å². The lowest BCUT2D eigenvalue weighted by atomic mass is 10.1. The van der Waals surface area contributed by atoms with E-state index in [0.717, 1.165) is 11.4 Å². The van der Waals surface area contributed by atoms with Crippen LogP contribution in [0.3, 0.4) is 0 Å². The number of benzene rings is 11. The number of hydrogen-bond acceptors (Lipinski definition) is 1. The molecule has 0 saturated carbocycles. The molecule has 13 aromatic rings. The van der Waals surface area contributed by atoms with Gasteiger partial charge in [-0.3, -0.25) is 0 Å². The molecule has 14 rings (SSSR count). The number of aromatic nitrogens is 2. The minimum Gasteiger partial charge on any atom is -0.309 e. The van der Waals surface area contributed by atoms with Crippen molar-refractivity contribution in [2.24, 2.45) is 0 Å². The topological polar surface area (TPSA) is 9.86 Å². The summed E-state index contributed by atoms with van der Waals surface area (Å²) in [6.45, 7) is 0. The Hall–Kier alpha value is -8.20. The first-order valence-electron chi connectivity index (χ1n) is 24.5. The van der Waals surface area contributed by atoms with Gasteiger partial charge in [0.1, 0.15) is 0 Å². The molecule has 2 nitrogen and oxygen atoms in total. The summed E-state index contributed by atoms with van der Waals surface area (Å²) < 4.78 is 4.99. The van der Waals surface area contributed by atoms with Crippen molar-refractivity contribution in [2.45, 2.75) is 9.79 Å². The molecule has 0 saturated heterocycles. The molecule has 0 unspecified atom stereocenters. The fraction of sp³-hybridized carbons (Fsp3) is 0. The highest BCUT2D eigenvalue weighted by atomic mass is 32.2. The van der Waals surface area contributed by atoms with Crippen LogP contribution in [0, 0.1) is 0 Å². The highest BCUT2D eigenvalue weighted by Gasteiger charge is 2.47. The van der Waals surface area contributed by atoms with Crippen LogP contribution in [0.15, 0.2) is 289 Å². The van der Waals surface area contributed by atoms with Crippen LogP contribution in [0.5, 0.6) is 0 Å². The van der Waals surface area contributed by atoms with Gasteiger partial charge in [-0.2, -0.15) is 0 Å². The summed E-state index contributed by atoms with van der Waals surface area (Å²) in [6.07, 6.45) is 0. The van der Waals surface area contributed by atoms with Gasteiger partial charge in [0.25, 0.3) is 0 Å². The van der Waals surface area contributed by atoms with E-state index < -0.39 is 16.1 Å². The third-order valence-corrected chi connectivity index (χ3v) is 26.4. The third-order valence-electron chi connectivity index (χ3n) is 15.2. The monoisotopic (exact) mass is 954 g/mol. The molecule has 0 amide bonds. The van der Waals surface area contributed by atoms with Crippen LogP contribution in [0.1, 0.15) is 0 Å². The molecule has 1 aliphatic heterocycles. The molecule has 2 aromatic heterocycles. The van der Waals surface area contributed by atoms with Crippen LogP contribution in [-0.2, 0) is 0 Å². The maximum Gasteiger partial charge on any atom is 0.181 e. The second kappa shape index (κ2) is 16.7. The zero-order chi connectivity index (χ0) is 46.9. The molecule has 1 aliphatic rings. The second-order valence-corrected chi connectivity index (χ2v) is 27.4. The average Bonchev–Trinajstić information content (AvgIpc) is 3.96. The van der Waals surface area contributed by atoms with Crippen LogP contribution in [0.4, 0.5) is 0 Å². The minimum absolute atomic E-state index is 1.15. The van der Waals surface area contributed by atoms with Crippen LogP contribution in [0.25, 0.3) is 55.0 Å². The van der Waals surface area contributed by atoms with Gasteiger partial charge in [0, 0.05) is 42.7 Å². The van der Waals surface area contributed by atoms with Gasteiger partial charge in [-0.1, -0.05) is 230 Å². The normalized spacial score (nSPS) is 13.1. The van der Waals surface area contributed by atoms with Gasteiger partial charge in [0.15, 0.2) is 16.1 Å². The molecule has 3 heterocycles. The summed E-state index contributed by atoms with van der Waals surface area (Å²) in [4.78, 5) is 2.70. The van der Waals surface area contributed by atoms with Crippen molar-refractivity contribution in [2.75, 3.05) is 0 Å². The molecule has 0 fully saturated rings. The zero-order valence-corrected chi connectivity index (χ0v) is 41.7. The van der Waals surface area contributed by atoms with Crippen LogP contribution in [-0.4, -0.2) is 25.3 Å². The van der Waals surface area contributed by atoms with Crippen LogP contribution in [0.2, 0.25) is 0 Å². The Morgan fingerprint density at radius 3 is 1.28 bits per heavy atom. The Balaban J connectivity index is 0.967. The van der Waals surface area contributed by atoms with Gasteiger partial charge in [0.05, 0.1) is 22.1 Å². The van der Waals surface area contributed by atoms with Gasteiger partial charge in [-0.05, 0) is 102 Å². The molecule has 5 heteroatoms. The van der Waals surface area contributed by atoms with Crippen molar-refractivity contribution in [3.63, 3.8) is 0 Å². The molecule has 0 atom stereocenters. The lowest BCUT2D eigenvalue weighted by Crippen LogP contribution is -2.76. The smallest absolute Gasteiger partial charge is 0.181 e. The van der Waals surface area contributed by atoms with E-state index in [-0.39, 0.29) is 0 Å². The Kier molecular flexibility index (Phi) is 9.85. The first-order chi connectivity index (χ1) is 35.2. The zero-order valence-electron chi connectivity index (χ0n) is 38.9. The summed E-state index contributed by atoms with van der Waals surface area (Å²) in [5.74, 6) is 0. The van der Waals surface area contributed by atoms with Crippen molar-refractivity contribution < 1.29 is 0 Å². The Morgan fingerprint density at radius 1 is 0.282 bits per heavy atom. The number of fused-ring (bicyclic) bond motifs is 8. The van der Waals surface area contributed by atoms with Crippen molar-refractivity contribution in [3.8, 4) is 11.4 Å². The largest absolute Gasteiger partial charge is 0.309 e. The van der Waals surface area contributed by atoms with Crippen molar-refractivity contribution in [1.82, 2.24) is 9.13 Å². The molecule has 0 bridgehead atoms. The molecule has 71 heavy (non-hydrogen) atoms. The SMILES string of the molecule is c1ccc([Si](c2ccccc2)(c2ccccc2)c2ccc(-n3c4ccccc4c4cc(-n5c6ccccc6c6ccc([Si]7(c8ccccc8)c8ccccc8Sc8ccccc87)cc65)ccc43)cc2)cc1. The minimum atomic E-state index is -2.79. The van der Waals surface area contributed by atoms with E-state index in [2.05, 4.69) is 288 Å². The molecule has 0 N–H and O–H groups in total. The molecular weight excluding hydrogens is 909 g/mol. The highest BCUT2D eigenvalue weighted by Crippen LogP contribution is 2.38. The van der Waals surface area contributed by atoms with Gasteiger partial charge in [-0.15, -0.1) is 0 Å². The number of hydrogen-bond donors (Lipinski definition) is 0. The van der Waals surface area contributed by atoms with Crippen molar-refractivity contribution >= 4 is 113 Å². The van der Waals surface area contributed by atoms with Gasteiger partial charge < -0.3 is 9.13 Å². The molecule has 334 valence electrons. The predicted octanol–water partition coefficient (Wildman–Crippen LogP) is 11.1. The summed E-state index contributed by atoms with van der Waals surface area (Å²) in [5.41, 5.74) is 7.11. The van der Waals surface area contributed by atoms with E-state index in [4.69, 9.17) is 0 Å². The predicted molar refractivity (Wildman–Crippen MR) is 306 cm³/mol. The molecule has 11 aromatic carbocycles. The van der Waals surface area contributed by atoms with E-state index in [1.807, 2.05) is 11.8 Å². The van der Waals surface area contributed by atoms with E-state index in [1.54, 1.807) is 0 Å². The lowest BCUT2D eigenvalue weighted by molar-refractivity contribution is 1.17. The van der Waals surface area contributed by atoms with Gasteiger partial charge in [-0.25, -0.2) is 0 Å². The van der Waals surface area contributed by atoms with E-state index in [0.29, 0.717) is 0 Å². The van der Waals surface area contributed by atoms with Crippen molar-refractivity contribution in [3.05, 3.63) is 279 Å². The summed E-state index contributed by atoms with van der Waals surface area (Å²) in [5, 5.41) is 16.1. The first-order valence-corrected chi connectivity index (χ1v) is 29.3. The molecule has 0 aliphatic carbocycles. The quantitative estimate of drug-likeness (QED) is 0.109. The Labute approximate surface area is 419 Å². The second-order valence-electron chi connectivity index (χ2n) is 18.7. The third kappa shape index (κ3) is 6.27. The fourth-order valence-corrected chi connectivity index (χ4v) is 24.0. The van der Waals surface area contributed by atoms with E-state index in [1.165, 1.54) is 94.9 Å². The average molecular weight is 955 g/mol. The molecule has 0 spiro atoms. The number of para-hydroxylation sites is 2. The Bertz CT molecular complexity index is 3990. The van der Waals surface area contributed by atoms with Gasteiger partial charge in [0.2, 0.25) is 0 Å². The maximum absolute atomic E-state index is 2.79.